The van der Waals surface area contributed by atoms with Crippen molar-refractivity contribution in [2.24, 2.45) is 10.2 Å². The van der Waals surface area contributed by atoms with Gasteiger partial charge in [0, 0.05) is 11.6 Å². The number of hydrogen-bond donors (Lipinski definition) is 3. The largest absolute Gasteiger partial charge is 0.505 e. The molecule has 1 heterocycles. The number of carboxylic acids is 1. The zero-order valence-electron chi connectivity index (χ0n) is 18.6. The first-order valence-electron chi connectivity index (χ1n) is 10.3. The van der Waals surface area contributed by atoms with Gasteiger partial charge >= 0.3 is 11.9 Å². The molecule has 0 atom stereocenters. The SMILES string of the molecule is CC1=NN(c2ccc(C)c(C)c2)C(=O)/C1=N/Nc1cc(F)cc(-c2cccc(C(=O)O)c2)c1O. The number of anilines is 2. The fraction of sp³-hybridized carbons (Fsp3) is 0.120. The van der Waals surface area contributed by atoms with Crippen molar-refractivity contribution in [3.05, 3.63) is 77.1 Å². The van der Waals surface area contributed by atoms with E-state index in [1.54, 1.807) is 19.1 Å². The number of nitrogens with one attached hydrogen (secondary N) is 1. The standard InChI is InChI=1S/C25H21FN4O4/c1-13-7-8-19(9-14(13)2)30-24(32)22(15(3)29-30)28-27-21-12-18(26)11-20(23(21)31)16-5-4-6-17(10-16)25(33)34/h4-12,27,31H,1-3H3,(H,33,34)/b28-22+. The second-order valence-corrected chi connectivity index (χ2v) is 7.88. The van der Waals surface area contributed by atoms with Gasteiger partial charge in [-0.05, 0) is 67.8 Å². The van der Waals surface area contributed by atoms with Gasteiger partial charge in [0.25, 0.3) is 0 Å². The fourth-order valence-electron chi connectivity index (χ4n) is 3.50. The first kappa shape index (κ1) is 22.7. The Kier molecular flexibility index (Phi) is 5.85. The number of carbonyl (C=O) groups is 2. The summed E-state index contributed by atoms with van der Waals surface area (Å²) in [4.78, 5) is 24.2. The highest BCUT2D eigenvalue weighted by atomic mass is 19.1. The van der Waals surface area contributed by atoms with Crippen LogP contribution in [0.3, 0.4) is 0 Å². The predicted molar refractivity (Wildman–Crippen MR) is 128 cm³/mol. The summed E-state index contributed by atoms with van der Waals surface area (Å²) in [5.74, 6) is -2.65. The molecule has 3 aromatic rings. The van der Waals surface area contributed by atoms with E-state index in [4.69, 9.17) is 0 Å². The Morgan fingerprint density at radius 3 is 2.53 bits per heavy atom. The lowest BCUT2D eigenvalue weighted by molar-refractivity contribution is -0.112. The topological polar surface area (TPSA) is 115 Å². The molecule has 1 aliphatic heterocycles. The maximum Gasteiger partial charge on any atom is 0.335 e. The van der Waals surface area contributed by atoms with Crippen LogP contribution < -0.4 is 10.4 Å². The zero-order chi connectivity index (χ0) is 24.6. The molecule has 0 bridgehead atoms. The van der Waals surface area contributed by atoms with Gasteiger partial charge in [0.1, 0.15) is 17.3 Å². The molecule has 1 amide bonds. The molecule has 172 valence electrons. The van der Waals surface area contributed by atoms with E-state index in [2.05, 4.69) is 15.6 Å². The molecular formula is C25H21FN4O4. The number of aryl methyl sites for hydroxylation is 2. The molecule has 0 spiro atoms. The smallest absolute Gasteiger partial charge is 0.335 e. The van der Waals surface area contributed by atoms with Crippen molar-refractivity contribution in [2.45, 2.75) is 20.8 Å². The van der Waals surface area contributed by atoms with Crippen LogP contribution in [0, 0.1) is 19.7 Å². The highest BCUT2D eigenvalue weighted by molar-refractivity contribution is 6.71. The first-order valence-corrected chi connectivity index (χ1v) is 10.3. The molecular weight excluding hydrogens is 439 g/mol. The number of hydrogen-bond acceptors (Lipinski definition) is 6. The summed E-state index contributed by atoms with van der Waals surface area (Å²) in [6.07, 6.45) is 0. The van der Waals surface area contributed by atoms with Gasteiger partial charge < -0.3 is 10.2 Å². The number of carbonyl (C=O) groups excluding carboxylic acids is 1. The minimum Gasteiger partial charge on any atom is -0.505 e. The van der Waals surface area contributed by atoms with Crippen molar-refractivity contribution in [1.82, 2.24) is 0 Å². The average molecular weight is 460 g/mol. The highest BCUT2D eigenvalue weighted by Crippen LogP contribution is 2.37. The van der Waals surface area contributed by atoms with Crippen LogP contribution in [0.25, 0.3) is 11.1 Å². The Hall–Kier alpha value is -4.53. The van der Waals surface area contributed by atoms with Gasteiger partial charge in [-0.1, -0.05) is 18.2 Å². The summed E-state index contributed by atoms with van der Waals surface area (Å²) < 4.78 is 14.3. The van der Waals surface area contributed by atoms with E-state index in [0.29, 0.717) is 17.0 Å². The number of phenolic OH excluding ortho intramolecular Hbond substituents is 1. The molecule has 0 aliphatic carbocycles. The molecule has 3 aromatic carbocycles. The van der Waals surface area contributed by atoms with Crippen LogP contribution in [-0.4, -0.2) is 33.5 Å². The lowest BCUT2D eigenvalue weighted by Gasteiger charge is -2.13. The summed E-state index contributed by atoms with van der Waals surface area (Å²) in [6.45, 7) is 5.52. The maximum atomic E-state index is 14.3. The number of benzene rings is 3. The van der Waals surface area contributed by atoms with Gasteiger partial charge in [-0.25, -0.2) is 9.18 Å². The minimum atomic E-state index is -1.15. The van der Waals surface area contributed by atoms with Gasteiger partial charge in [-0.3, -0.25) is 10.2 Å². The van der Waals surface area contributed by atoms with Crippen molar-refractivity contribution in [3.63, 3.8) is 0 Å². The van der Waals surface area contributed by atoms with Gasteiger partial charge in [0.15, 0.2) is 5.71 Å². The van der Waals surface area contributed by atoms with E-state index in [0.717, 1.165) is 23.3 Å². The van der Waals surface area contributed by atoms with E-state index < -0.39 is 17.7 Å². The average Bonchev–Trinajstić information content (AvgIpc) is 3.09. The lowest BCUT2D eigenvalue weighted by atomic mass is 10.0. The number of carboxylic acid groups (broad SMARTS) is 1. The number of aromatic carboxylic acids is 1. The third-order valence-electron chi connectivity index (χ3n) is 5.51. The molecule has 1 aliphatic rings. The number of hydrazone groups is 2. The van der Waals surface area contributed by atoms with E-state index in [1.807, 2.05) is 26.0 Å². The van der Waals surface area contributed by atoms with Crippen LogP contribution in [0.1, 0.15) is 28.4 Å². The zero-order valence-corrected chi connectivity index (χ0v) is 18.6. The van der Waals surface area contributed by atoms with Crippen LogP contribution in [0.2, 0.25) is 0 Å². The fourth-order valence-corrected chi connectivity index (χ4v) is 3.50. The molecule has 4 rings (SSSR count). The summed E-state index contributed by atoms with van der Waals surface area (Å²) in [6, 6.07) is 13.4. The molecule has 0 saturated heterocycles. The predicted octanol–water partition coefficient (Wildman–Crippen LogP) is 4.70. The molecule has 0 fully saturated rings. The van der Waals surface area contributed by atoms with E-state index in [-0.39, 0.29) is 28.3 Å². The minimum absolute atomic E-state index is 0.00858. The number of rotatable bonds is 5. The van der Waals surface area contributed by atoms with Crippen molar-refractivity contribution in [3.8, 4) is 16.9 Å². The quantitative estimate of drug-likeness (QED) is 0.377. The monoisotopic (exact) mass is 460 g/mol. The van der Waals surface area contributed by atoms with Crippen LogP contribution in [0.4, 0.5) is 15.8 Å². The van der Waals surface area contributed by atoms with E-state index in [1.165, 1.54) is 23.2 Å². The lowest BCUT2D eigenvalue weighted by Crippen LogP contribution is -2.28. The Bertz CT molecular complexity index is 1400. The third kappa shape index (κ3) is 4.23. The van der Waals surface area contributed by atoms with Crippen molar-refractivity contribution >= 4 is 34.7 Å². The second-order valence-electron chi connectivity index (χ2n) is 7.88. The normalized spacial score (nSPS) is 14.5. The Morgan fingerprint density at radius 1 is 1.06 bits per heavy atom. The molecule has 0 aromatic heterocycles. The van der Waals surface area contributed by atoms with Crippen molar-refractivity contribution in [2.75, 3.05) is 10.4 Å². The number of aromatic hydroxyl groups is 1. The summed E-state index contributed by atoms with van der Waals surface area (Å²) in [7, 11) is 0. The van der Waals surface area contributed by atoms with Crippen LogP contribution in [0.15, 0.2) is 64.8 Å². The first-order chi connectivity index (χ1) is 16.2. The Labute approximate surface area is 194 Å². The summed E-state index contributed by atoms with van der Waals surface area (Å²) in [5, 5.41) is 29.5. The molecule has 8 nitrogen and oxygen atoms in total. The van der Waals surface area contributed by atoms with Gasteiger partial charge in [-0.2, -0.15) is 15.2 Å². The van der Waals surface area contributed by atoms with E-state index >= 15 is 0 Å². The van der Waals surface area contributed by atoms with Crippen LogP contribution in [0.5, 0.6) is 5.75 Å². The second kappa shape index (κ2) is 8.78. The van der Waals surface area contributed by atoms with Gasteiger partial charge in [0.2, 0.25) is 0 Å². The van der Waals surface area contributed by atoms with Gasteiger partial charge in [0.05, 0.1) is 17.0 Å². The number of halogens is 1. The Balaban J connectivity index is 1.65. The molecule has 0 saturated carbocycles. The van der Waals surface area contributed by atoms with Crippen molar-refractivity contribution in [1.29, 1.82) is 0 Å². The van der Waals surface area contributed by atoms with Crippen molar-refractivity contribution < 1.29 is 24.2 Å². The Morgan fingerprint density at radius 2 is 1.82 bits per heavy atom. The molecule has 3 N–H and O–H groups in total. The number of phenols is 1. The van der Waals surface area contributed by atoms with E-state index in [9.17, 15) is 24.2 Å². The number of nitrogens with zero attached hydrogens (tertiary/aromatic N) is 3. The summed E-state index contributed by atoms with van der Waals surface area (Å²) >= 11 is 0. The molecule has 34 heavy (non-hydrogen) atoms. The molecule has 0 radical (unpaired) electrons. The van der Waals surface area contributed by atoms with Crippen LogP contribution >= 0.6 is 0 Å². The van der Waals surface area contributed by atoms with Gasteiger partial charge in [-0.15, -0.1) is 0 Å². The van der Waals surface area contributed by atoms with Crippen LogP contribution in [-0.2, 0) is 4.79 Å². The third-order valence-corrected chi connectivity index (χ3v) is 5.51. The molecule has 0 unspecified atom stereocenters. The molecule has 9 heteroatoms. The maximum absolute atomic E-state index is 14.3. The summed E-state index contributed by atoms with van der Waals surface area (Å²) in [5.41, 5.74) is 5.87. The number of amides is 1. The highest BCUT2D eigenvalue weighted by Gasteiger charge is 2.31.